The Morgan fingerprint density at radius 1 is 1.32 bits per heavy atom. The van der Waals surface area contributed by atoms with Gasteiger partial charge in [0.2, 0.25) is 11.8 Å². The molecule has 1 aliphatic heterocycles. The van der Waals surface area contributed by atoms with Crippen LogP contribution in [0.4, 0.5) is 0 Å². The summed E-state index contributed by atoms with van der Waals surface area (Å²) < 4.78 is 5.25. The fraction of sp³-hybridized carbons (Fsp3) is 0.455. The minimum absolute atomic E-state index is 0.0539. The third-order valence-corrected chi connectivity index (χ3v) is 6.36. The van der Waals surface area contributed by atoms with Crippen LogP contribution in [0.3, 0.4) is 0 Å². The molecule has 0 radical (unpaired) electrons. The second-order valence-electron chi connectivity index (χ2n) is 7.21. The van der Waals surface area contributed by atoms with E-state index in [0.29, 0.717) is 6.54 Å². The van der Waals surface area contributed by atoms with E-state index in [-0.39, 0.29) is 36.2 Å². The van der Waals surface area contributed by atoms with Crippen molar-refractivity contribution in [1.29, 1.82) is 0 Å². The molecule has 5 nitrogen and oxygen atoms in total. The first kappa shape index (κ1) is 20.4. The predicted molar refractivity (Wildman–Crippen MR) is 111 cm³/mol. The zero-order valence-electron chi connectivity index (χ0n) is 16.7. The van der Waals surface area contributed by atoms with Crippen LogP contribution >= 0.6 is 11.3 Å². The second-order valence-corrected chi connectivity index (χ2v) is 8.19. The summed E-state index contributed by atoms with van der Waals surface area (Å²) in [7, 11) is 1.63. The van der Waals surface area contributed by atoms with Crippen LogP contribution in [0.5, 0.6) is 5.75 Å². The van der Waals surface area contributed by atoms with Crippen molar-refractivity contribution in [3.63, 3.8) is 0 Å². The van der Waals surface area contributed by atoms with Gasteiger partial charge in [-0.2, -0.15) is 0 Å². The number of nitrogens with zero attached hydrogens (tertiary/aromatic N) is 1. The highest BCUT2D eigenvalue weighted by Gasteiger charge is 2.44. The molecule has 1 aromatic carbocycles. The van der Waals surface area contributed by atoms with Crippen LogP contribution < -0.4 is 10.1 Å². The van der Waals surface area contributed by atoms with E-state index in [1.807, 2.05) is 53.6 Å². The summed E-state index contributed by atoms with van der Waals surface area (Å²) in [5.41, 5.74) is 0.978. The van der Waals surface area contributed by atoms with Crippen LogP contribution in [0.25, 0.3) is 0 Å². The average molecular weight is 401 g/mol. The van der Waals surface area contributed by atoms with Gasteiger partial charge < -0.3 is 15.0 Å². The summed E-state index contributed by atoms with van der Waals surface area (Å²) in [6, 6.07) is 11.4. The molecular weight excluding hydrogens is 372 g/mol. The Morgan fingerprint density at radius 2 is 2.07 bits per heavy atom. The maximum atomic E-state index is 13.1. The Balaban J connectivity index is 1.84. The number of methoxy groups -OCH3 is 1. The minimum atomic E-state index is -0.389. The third kappa shape index (κ3) is 4.38. The second kappa shape index (κ2) is 9.24. The first-order valence-electron chi connectivity index (χ1n) is 9.82. The monoisotopic (exact) mass is 400 g/mol. The lowest BCUT2D eigenvalue weighted by Crippen LogP contribution is -2.37. The Labute approximate surface area is 170 Å². The van der Waals surface area contributed by atoms with Gasteiger partial charge in [-0.25, -0.2) is 0 Å². The quantitative estimate of drug-likeness (QED) is 0.718. The van der Waals surface area contributed by atoms with Crippen LogP contribution in [0.15, 0.2) is 41.8 Å². The molecule has 0 spiro atoms. The molecule has 1 fully saturated rings. The number of amides is 2. The van der Waals surface area contributed by atoms with E-state index in [1.54, 1.807) is 18.4 Å². The van der Waals surface area contributed by atoms with Crippen molar-refractivity contribution < 1.29 is 14.3 Å². The SMILES string of the molecule is CCCCN1C(=O)CC(C(=O)NC(C)c2cccs2)C1c1ccc(OC)cc1. The largest absolute Gasteiger partial charge is 0.497 e. The molecule has 3 atom stereocenters. The molecule has 6 heteroatoms. The van der Waals surface area contributed by atoms with Gasteiger partial charge >= 0.3 is 0 Å². The molecule has 0 saturated carbocycles. The zero-order valence-corrected chi connectivity index (χ0v) is 17.5. The maximum Gasteiger partial charge on any atom is 0.226 e. The molecule has 150 valence electrons. The van der Waals surface area contributed by atoms with Crippen molar-refractivity contribution in [1.82, 2.24) is 10.2 Å². The van der Waals surface area contributed by atoms with Crippen molar-refractivity contribution in [2.45, 2.75) is 45.2 Å². The molecule has 3 rings (SSSR count). The van der Waals surface area contributed by atoms with Gasteiger partial charge in [-0.3, -0.25) is 9.59 Å². The molecule has 28 heavy (non-hydrogen) atoms. The molecule has 0 bridgehead atoms. The predicted octanol–water partition coefficient (Wildman–Crippen LogP) is 4.32. The molecule has 2 amide bonds. The first-order chi connectivity index (χ1) is 13.5. The Bertz CT molecular complexity index is 789. The standard InChI is InChI=1S/C22H28N2O3S/c1-4-5-12-24-20(25)14-18(21(24)16-8-10-17(27-3)11-9-16)22(26)23-15(2)19-7-6-13-28-19/h6-11,13,15,18,21H,4-5,12,14H2,1-3H3,(H,23,26). The van der Waals surface area contributed by atoms with E-state index < -0.39 is 0 Å². The van der Waals surface area contributed by atoms with Crippen molar-refractivity contribution >= 4 is 23.2 Å². The number of likely N-dealkylation sites (tertiary alicyclic amines) is 1. The fourth-order valence-electron chi connectivity index (χ4n) is 3.76. The van der Waals surface area contributed by atoms with Gasteiger partial charge in [-0.05, 0) is 42.5 Å². The van der Waals surface area contributed by atoms with E-state index in [9.17, 15) is 9.59 Å². The van der Waals surface area contributed by atoms with Gasteiger partial charge in [0.1, 0.15) is 5.75 Å². The summed E-state index contributed by atoms with van der Waals surface area (Å²) in [4.78, 5) is 28.8. The number of benzene rings is 1. The summed E-state index contributed by atoms with van der Waals surface area (Å²) in [6.45, 7) is 4.77. The van der Waals surface area contributed by atoms with Gasteiger partial charge in [0.25, 0.3) is 0 Å². The third-order valence-electron chi connectivity index (χ3n) is 5.31. The van der Waals surface area contributed by atoms with Crippen molar-refractivity contribution in [2.75, 3.05) is 13.7 Å². The van der Waals surface area contributed by atoms with Crippen LogP contribution in [-0.2, 0) is 9.59 Å². The number of unbranched alkanes of at least 4 members (excludes halogenated alkanes) is 1. The highest BCUT2D eigenvalue weighted by atomic mass is 32.1. The summed E-state index contributed by atoms with van der Waals surface area (Å²) in [6.07, 6.45) is 2.19. The molecule has 1 N–H and O–H groups in total. The highest BCUT2D eigenvalue weighted by molar-refractivity contribution is 7.10. The van der Waals surface area contributed by atoms with Crippen LogP contribution in [-0.4, -0.2) is 30.4 Å². The van der Waals surface area contributed by atoms with E-state index in [2.05, 4.69) is 12.2 Å². The van der Waals surface area contributed by atoms with Crippen LogP contribution in [0.2, 0.25) is 0 Å². The smallest absolute Gasteiger partial charge is 0.226 e. The van der Waals surface area contributed by atoms with E-state index >= 15 is 0 Å². The number of nitrogens with one attached hydrogen (secondary N) is 1. The molecule has 2 aromatic rings. The van der Waals surface area contributed by atoms with Gasteiger partial charge in [0, 0.05) is 17.8 Å². The lowest BCUT2D eigenvalue weighted by Gasteiger charge is -2.29. The summed E-state index contributed by atoms with van der Waals surface area (Å²) in [5, 5.41) is 5.12. The zero-order chi connectivity index (χ0) is 20.1. The van der Waals surface area contributed by atoms with Crippen LogP contribution in [0.1, 0.15) is 55.6 Å². The number of carbonyl (C=O) groups is 2. The number of carbonyl (C=O) groups excluding carboxylic acids is 2. The number of ether oxygens (including phenoxy) is 1. The van der Waals surface area contributed by atoms with E-state index in [1.165, 1.54) is 0 Å². The Morgan fingerprint density at radius 3 is 2.68 bits per heavy atom. The molecule has 0 aliphatic carbocycles. The van der Waals surface area contributed by atoms with Crippen LogP contribution in [0, 0.1) is 5.92 Å². The highest BCUT2D eigenvalue weighted by Crippen LogP contribution is 2.39. The Hall–Kier alpha value is -2.34. The first-order valence-corrected chi connectivity index (χ1v) is 10.7. The number of hydrogen-bond donors (Lipinski definition) is 1. The lowest BCUT2D eigenvalue weighted by atomic mass is 9.92. The number of hydrogen-bond acceptors (Lipinski definition) is 4. The minimum Gasteiger partial charge on any atom is -0.497 e. The normalized spacial score (nSPS) is 20.2. The van der Waals surface area contributed by atoms with Gasteiger partial charge in [-0.1, -0.05) is 31.5 Å². The van der Waals surface area contributed by atoms with Crippen molar-refractivity contribution in [3.05, 3.63) is 52.2 Å². The Kier molecular flexibility index (Phi) is 6.73. The summed E-state index contributed by atoms with van der Waals surface area (Å²) in [5.74, 6) is 0.368. The molecule has 1 saturated heterocycles. The van der Waals surface area contributed by atoms with Crippen molar-refractivity contribution in [2.24, 2.45) is 5.92 Å². The topological polar surface area (TPSA) is 58.6 Å². The number of rotatable bonds is 8. The molecular formula is C22H28N2O3S. The maximum absolute atomic E-state index is 13.1. The molecule has 2 heterocycles. The number of thiophene rings is 1. The average Bonchev–Trinajstić information content (AvgIpc) is 3.35. The lowest BCUT2D eigenvalue weighted by molar-refractivity contribution is -0.129. The van der Waals surface area contributed by atoms with Gasteiger partial charge in [-0.15, -0.1) is 11.3 Å². The van der Waals surface area contributed by atoms with Crippen molar-refractivity contribution in [3.8, 4) is 5.75 Å². The van der Waals surface area contributed by atoms with Gasteiger partial charge in [0.05, 0.1) is 25.1 Å². The fourth-order valence-corrected chi connectivity index (χ4v) is 4.49. The van der Waals surface area contributed by atoms with E-state index in [0.717, 1.165) is 29.0 Å². The molecule has 1 aromatic heterocycles. The molecule has 1 aliphatic rings. The summed E-state index contributed by atoms with van der Waals surface area (Å²) >= 11 is 1.62. The van der Waals surface area contributed by atoms with Gasteiger partial charge in [0.15, 0.2) is 0 Å². The molecule has 3 unspecified atom stereocenters. The van der Waals surface area contributed by atoms with E-state index in [4.69, 9.17) is 4.74 Å².